The molecule has 0 radical (unpaired) electrons. The molecule has 1 amide bonds. The van der Waals surface area contributed by atoms with E-state index in [-0.39, 0.29) is 18.1 Å². The lowest BCUT2D eigenvalue weighted by Crippen LogP contribution is -2.20. The number of aromatic nitrogens is 1. The number of thiazole rings is 1. The SMILES string of the molecule is CC(=O)c1csc(NC(=O)COc2ccccc2F)n1. The number of carbonyl (C=O) groups is 2. The summed E-state index contributed by atoms with van der Waals surface area (Å²) < 4.78 is 18.3. The van der Waals surface area contributed by atoms with E-state index >= 15 is 0 Å². The van der Waals surface area contributed by atoms with Crippen LogP contribution in [0.1, 0.15) is 17.4 Å². The maximum Gasteiger partial charge on any atom is 0.264 e. The number of amides is 1. The van der Waals surface area contributed by atoms with Gasteiger partial charge in [-0.1, -0.05) is 12.1 Å². The number of rotatable bonds is 5. The van der Waals surface area contributed by atoms with Crippen LogP contribution in [0.2, 0.25) is 0 Å². The number of carbonyl (C=O) groups excluding carboxylic acids is 2. The fraction of sp³-hybridized carbons (Fsp3) is 0.154. The monoisotopic (exact) mass is 294 g/mol. The first-order valence-corrected chi connectivity index (χ1v) is 6.58. The van der Waals surface area contributed by atoms with Gasteiger partial charge in [0.25, 0.3) is 5.91 Å². The first-order valence-electron chi connectivity index (χ1n) is 5.70. The molecule has 0 aliphatic rings. The Morgan fingerprint density at radius 3 is 2.80 bits per heavy atom. The number of ketones is 1. The Kier molecular flexibility index (Phi) is 4.41. The van der Waals surface area contributed by atoms with Gasteiger partial charge in [0.05, 0.1) is 0 Å². The van der Waals surface area contributed by atoms with Gasteiger partial charge in [-0.2, -0.15) is 0 Å². The van der Waals surface area contributed by atoms with Crippen LogP contribution in [0.4, 0.5) is 9.52 Å². The van der Waals surface area contributed by atoms with E-state index in [1.807, 2.05) is 0 Å². The molecule has 0 fully saturated rings. The van der Waals surface area contributed by atoms with Crippen LogP contribution < -0.4 is 10.1 Å². The van der Waals surface area contributed by atoms with Crippen molar-refractivity contribution in [3.8, 4) is 5.75 Å². The van der Waals surface area contributed by atoms with Crippen molar-refractivity contribution >= 4 is 28.2 Å². The van der Waals surface area contributed by atoms with Crippen molar-refractivity contribution in [3.63, 3.8) is 0 Å². The van der Waals surface area contributed by atoms with Crippen molar-refractivity contribution in [2.45, 2.75) is 6.92 Å². The lowest BCUT2D eigenvalue weighted by atomic mass is 10.3. The third-order valence-corrected chi connectivity index (χ3v) is 3.06. The highest BCUT2D eigenvalue weighted by Gasteiger charge is 2.10. The van der Waals surface area contributed by atoms with Gasteiger partial charge >= 0.3 is 0 Å². The minimum Gasteiger partial charge on any atom is -0.481 e. The van der Waals surface area contributed by atoms with Crippen molar-refractivity contribution in [2.24, 2.45) is 0 Å². The summed E-state index contributed by atoms with van der Waals surface area (Å²) in [6.07, 6.45) is 0. The zero-order chi connectivity index (χ0) is 14.5. The van der Waals surface area contributed by atoms with Crippen molar-refractivity contribution in [1.82, 2.24) is 4.98 Å². The first kappa shape index (κ1) is 14.1. The van der Waals surface area contributed by atoms with Crippen LogP contribution in [-0.2, 0) is 4.79 Å². The summed E-state index contributed by atoms with van der Waals surface area (Å²) in [5.41, 5.74) is 0.292. The summed E-state index contributed by atoms with van der Waals surface area (Å²) in [5.74, 6) is -1.18. The van der Waals surface area contributed by atoms with E-state index < -0.39 is 11.7 Å². The van der Waals surface area contributed by atoms with E-state index in [9.17, 15) is 14.0 Å². The molecule has 1 N–H and O–H groups in total. The number of Topliss-reactive ketones (excluding diaryl/α,β-unsaturated/α-hetero) is 1. The Hall–Kier alpha value is -2.28. The summed E-state index contributed by atoms with van der Waals surface area (Å²) in [7, 11) is 0. The molecule has 2 rings (SSSR count). The van der Waals surface area contributed by atoms with E-state index in [0.29, 0.717) is 10.8 Å². The van der Waals surface area contributed by atoms with Gasteiger partial charge in [-0.3, -0.25) is 14.9 Å². The van der Waals surface area contributed by atoms with Gasteiger partial charge in [0, 0.05) is 12.3 Å². The Bertz CT molecular complexity index is 642. The lowest BCUT2D eigenvalue weighted by molar-refractivity contribution is -0.118. The van der Waals surface area contributed by atoms with Gasteiger partial charge in [-0.25, -0.2) is 9.37 Å². The molecule has 0 saturated carbocycles. The third-order valence-electron chi connectivity index (χ3n) is 2.31. The summed E-state index contributed by atoms with van der Waals surface area (Å²) in [5, 5.41) is 4.33. The zero-order valence-electron chi connectivity index (χ0n) is 10.6. The quantitative estimate of drug-likeness (QED) is 0.860. The van der Waals surface area contributed by atoms with Crippen molar-refractivity contribution in [1.29, 1.82) is 0 Å². The Labute approximate surface area is 118 Å². The van der Waals surface area contributed by atoms with Gasteiger partial charge in [-0.15, -0.1) is 11.3 Å². The van der Waals surface area contributed by atoms with Crippen LogP contribution in [0.3, 0.4) is 0 Å². The smallest absolute Gasteiger partial charge is 0.264 e. The van der Waals surface area contributed by atoms with E-state index in [1.54, 1.807) is 11.4 Å². The molecule has 7 heteroatoms. The highest BCUT2D eigenvalue weighted by Crippen LogP contribution is 2.17. The summed E-state index contributed by atoms with van der Waals surface area (Å²) in [6.45, 7) is 1.05. The number of ether oxygens (including phenoxy) is 1. The van der Waals surface area contributed by atoms with E-state index in [2.05, 4.69) is 10.3 Å². The minimum atomic E-state index is -0.534. The average Bonchev–Trinajstić information content (AvgIpc) is 2.86. The molecule has 1 aromatic heterocycles. The number of halogens is 1. The Morgan fingerprint density at radius 1 is 1.40 bits per heavy atom. The second-order valence-corrected chi connectivity index (χ2v) is 4.72. The van der Waals surface area contributed by atoms with Gasteiger partial charge in [0.1, 0.15) is 5.69 Å². The molecule has 2 aromatic rings. The number of hydrogen-bond acceptors (Lipinski definition) is 5. The molecule has 0 spiro atoms. The van der Waals surface area contributed by atoms with E-state index in [4.69, 9.17) is 4.74 Å². The number of nitrogens with zero attached hydrogens (tertiary/aromatic N) is 1. The van der Waals surface area contributed by atoms with Gasteiger partial charge in [0.15, 0.2) is 29.1 Å². The van der Waals surface area contributed by atoms with Crippen molar-refractivity contribution in [3.05, 3.63) is 41.2 Å². The number of hydrogen-bond donors (Lipinski definition) is 1. The fourth-order valence-electron chi connectivity index (χ4n) is 1.35. The molecule has 0 atom stereocenters. The average molecular weight is 294 g/mol. The normalized spacial score (nSPS) is 10.1. The van der Waals surface area contributed by atoms with Crippen LogP contribution in [0, 0.1) is 5.82 Å². The lowest BCUT2D eigenvalue weighted by Gasteiger charge is -2.06. The van der Waals surface area contributed by atoms with Gasteiger partial charge in [-0.05, 0) is 12.1 Å². The molecule has 104 valence electrons. The van der Waals surface area contributed by atoms with E-state index in [1.165, 1.54) is 25.1 Å². The van der Waals surface area contributed by atoms with E-state index in [0.717, 1.165) is 11.3 Å². The second kappa shape index (κ2) is 6.25. The standard InChI is InChI=1S/C13H11FN2O3S/c1-8(17)10-7-20-13(15-10)16-12(18)6-19-11-5-3-2-4-9(11)14/h2-5,7H,6H2,1H3,(H,15,16,18). The van der Waals surface area contributed by atoms with Crippen molar-refractivity contribution < 1.29 is 18.7 Å². The molecular weight excluding hydrogens is 283 g/mol. The predicted octanol–water partition coefficient (Wildman–Crippen LogP) is 2.50. The first-order chi connectivity index (χ1) is 9.56. The largest absolute Gasteiger partial charge is 0.481 e. The van der Waals surface area contributed by atoms with Crippen LogP contribution in [-0.4, -0.2) is 23.3 Å². The fourth-order valence-corrected chi connectivity index (χ4v) is 2.12. The zero-order valence-corrected chi connectivity index (χ0v) is 11.4. The maximum atomic E-state index is 13.3. The van der Waals surface area contributed by atoms with Gasteiger partial charge in [0.2, 0.25) is 0 Å². The molecule has 0 unspecified atom stereocenters. The molecule has 0 aliphatic heterocycles. The van der Waals surface area contributed by atoms with Crippen LogP contribution in [0.5, 0.6) is 5.75 Å². The van der Waals surface area contributed by atoms with Crippen LogP contribution in [0.25, 0.3) is 0 Å². The third kappa shape index (κ3) is 3.61. The summed E-state index contributed by atoms with van der Waals surface area (Å²) in [6, 6.07) is 5.81. The second-order valence-electron chi connectivity index (χ2n) is 3.86. The molecule has 0 aliphatic carbocycles. The molecule has 1 heterocycles. The highest BCUT2D eigenvalue weighted by atomic mass is 32.1. The number of benzene rings is 1. The number of nitrogens with one attached hydrogen (secondary N) is 1. The molecule has 20 heavy (non-hydrogen) atoms. The molecule has 0 saturated heterocycles. The predicted molar refractivity (Wildman–Crippen MR) is 72.6 cm³/mol. The molecule has 0 bridgehead atoms. The summed E-state index contributed by atoms with van der Waals surface area (Å²) in [4.78, 5) is 26.6. The van der Waals surface area contributed by atoms with Crippen LogP contribution >= 0.6 is 11.3 Å². The Morgan fingerprint density at radius 2 is 2.15 bits per heavy atom. The summed E-state index contributed by atoms with van der Waals surface area (Å²) >= 11 is 1.14. The Balaban J connectivity index is 1.89. The molecule has 1 aromatic carbocycles. The molecular formula is C13H11FN2O3S. The molecule has 5 nitrogen and oxygen atoms in total. The van der Waals surface area contributed by atoms with Gasteiger partial charge < -0.3 is 4.74 Å². The maximum absolute atomic E-state index is 13.3. The van der Waals surface area contributed by atoms with Crippen molar-refractivity contribution in [2.75, 3.05) is 11.9 Å². The number of para-hydroxylation sites is 1. The topological polar surface area (TPSA) is 68.3 Å². The minimum absolute atomic E-state index is 0.00575. The highest BCUT2D eigenvalue weighted by molar-refractivity contribution is 7.14. The van der Waals surface area contributed by atoms with Crippen LogP contribution in [0.15, 0.2) is 29.6 Å². The number of anilines is 1.